The first-order chi connectivity index (χ1) is 16.2. The lowest BCUT2D eigenvalue weighted by molar-refractivity contribution is 0.0204. The second-order valence-corrected chi connectivity index (χ2v) is 10.2. The van der Waals surface area contributed by atoms with Gasteiger partial charge in [0.2, 0.25) is 0 Å². The summed E-state index contributed by atoms with van der Waals surface area (Å²) in [6, 6.07) is 6.03. The van der Waals surface area contributed by atoms with E-state index in [1.165, 1.54) is 0 Å². The molecule has 2 aliphatic rings. The normalized spacial score (nSPS) is 18.8. The van der Waals surface area contributed by atoms with Gasteiger partial charge in [0.15, 0.2) is 6.23 Å². The predicted molar refractivity (Wildman–Crippen MR) is 129 cm³/mol. The molecule has 2 fully saturated rings. The van der Waals surface area contributed by atoms with Crippen LogP contribution in [0, 0.1) is 0 Å². The average Bonchev–Trinajstić information content (AvgIpc) is 3.54. The van der Waals surface area contributed by atoms with Crippen LogP contribution in [0.15, 0.2) is 36.8 Å². The van der Waals surface area contributed by atoms with Crippen molar-refractivity contribution in [2.24, 2.45) is 0 Å². The molecule has 0 spiro atoms. The van der Waals surface area contributed by atoms with E-state index in [4.69, 9.17) is 26.1 Å². The zero-order chi connectivity index (χ0) is 23.9. The predicted octanol–water partition coefficient (Wildman–Crippen LogP) is 4.41. The van der Waals surface area contributed by atoms with Crippen molar-refractivity contribution in [3.63, 3.8) is 0 Å². The number of amides is 1. The summed E-state index contributed by atoms with van der Waals surface area (Å²) in [5.74, 6) is 0.862. The number of ether oxygens (including phenoxy) is 2. The average molecular weight is 485 g/mol. The Hall–Kier alpha value is -2.91. The zero-order valence-electron chi connectivity index (χ0n) is 19.6. The Morgan fingerprint density at radius 3 is 2.74 bits per heavy atom. The largest absolute Gasteiger partial charge is 0.444 e. The van der Waals surface area contributed by atoms with Crippen molar-refractivity contribution < 1.29 is 14.3 Å². The van der Waals surface area contributed by atoms with Crippen molar-refractivity contribution in [3.05, 3.63) is 47.5 Å². The highest BCUT2D eigenvalue weighted by molar-refractivity contribution is 6.30. The van der Waals surface area contributed by atoms with Crippen molar-refractivity contribution >= 4 is 34.4 Å². The number of likely N-dealkylation sites (tertiary alicyclic amines) is 1. The summed E-state index contributed by atoms with van der Waals surface area (Å²) in [5.41, 5.74) is 1.38. The van der Waals surface area contributed by atoms with Gasteiger partial charge in [-0.3, -0.25) is 0 Å². The molecule has 1 amide bonds. The Morgan fingerprint density at radius 2 is 2.03 bits per heavy atom. The molecule has 0 aromatic carbocycles. The van der Waals surface area contributed by atoms with Gasteiger partial charge in [0.1, 0.15) is 16.6 Å². The maximum absolute atomic E-state index is 12.5. The molecule has 5 heterocycles. The number of halogens is 1. The minimum Gasteiger partial charge on any atom is -0.444 e. The second kappa shape index (κ2) is 9.03. The van der Waals surface area contributed by atoms with Crippen LogP contribution in [-0.2, 0) is 16.0 Å². The van der Waals surface area contributed by atoms with E-state index < -0.39 is 5.60 Å². The van der Waals surface area contributed by atoms with E-state index in [0.29, 0.717) is 31.4 Å². The van der Waals surface area contributed by atoms with Crippen LogP contribution in [0.3, 0.4) is 0 Å². The molecule has 2 saturated heterocycles. The lowest BCUT2D eigenvalue weighted by Crippen LogP contribution is -2.48. The Balaban J connectivity index is 1.37. The van der Waals surface area contributed by atoms with Crippen LogP contribution in [0.25, 0.3) is 10.9 Å². The molecule has 1 atom stereocenters. The molecule has 1 unspecified atom stereocenters. The first kappa shape index (κ1) is 22.9. The first-order valence-electron chi connectivity index (χ1n) is 11.6. The van der Waals surface area contributed by atoms with Crippen LogP contribution < -0.4 is 4.90 Å². The Labute approximate surface area is 203 Å². The van der Waals surface area contributed by atoms with Gasteiger partial charge in [-0.05, 0) is 45.7 Å². The number of carbonyl (C=O) groups excluding carboxylic acids is 1. The van der Waals surface area contributed by atoms with Crippen molar-refractivity contribution in [1.82, 2.24) is 24.6 Å². The number of piperidine rings is 1. The van der Waals surface area contributed by atoms with Gasteiger partial charge < -0.3 is 19.3 Å². The third kappa shape index (κ3) is 5.26. The Morgan fingerprint density at radius 1 is 1.26 bits per heavy atom. The number of epoxide rings is 1. The molecule has 3 aromatic heterocycles. The van der Waals surface area contributed by atoms with E-state index in [1.54, 1.807) is 17.2 Å². The summed E-state index contributed by atoms with van der Waals surface area (Å²) < 4.78 is 12.8. The molecular weight excluding hydrogens is 456 g/mol. The topological polar surface area (TPSA) is 88.9 Å². The fourth-order valence-electron chi connectivity index (χ4n) is 4.23. The fraction of sp³-hybridized carbons (Fsp3) is 0.500. The molecule has 180 valence electrons. The number of carbonyl (C=O) groups is 1. The molecular formula is C24H29ClN6O3. The van der Waals surface area contributed by atoms with Gasteiger partial charge in [0.05, 0.1) is 18.3 Å². The molecule has 10 heteroatoms. The third-order valence-electron chi connectivity index (χ3n) is 6.00. The van der Waals surface area contributed by atoms with Crippen LogP contribution in [0.1, 0.15) is 45.4 Å². The number of aromatic nitrogens is 4. The number of fused-ring (bicyclic) bond motifs is 1. The van der Waals surface area contributed by atoms with Gasteiger partial charge in [-0.1, -0.05) is 11.6 Å². The number of hydrogen-bond acceptors (Lipinski definition) is 7. The van der Waals surface area contributed by atoms with Gasteiger partial charge in [-0.15, -0.1) is 0 Å². The third-order valence-corrected chi connectivity index (χ3v) is 6.20. The molecule has 0 N–H and O–H groups in total. The summed E-state index contributed by atoms with van der Waals surface area (Å²) in [4.78, 5) is 25.7. The summed E-state index contributed by atoms with van der Waals surface area (Å²) in [6.07, 6.45) is 7.07. The van der Waals surface area contributed by atoms with Crippen molar-refractivity contribution in [2.75, 3.05) is 24.6 Å². The fourth-order valence-corrected chi connectivity index (χ4v) is 4.39. The highest BCUT2D eigenvalue weighted by Gasteiger charge is 2.31. The molecule has 0 radical (unpaired) electrons. The lowest BCUT2D eigenvalue weighted by Gasteiger charge is -2.39. The molecule has 0 aliphatic carbocycles. The molecule has 5 rings (SSSR count). The molecule has 9 nitrogen and oxygen atoms in total. The standard InChI is InChI=1S/C24H29ClN6O3/c1-24(2,3)34-23(32)29-8-6-18(7-9-29)30(13-16-11-27-31(14-16)22-15-33-22)21-5-4-17-12-26-20(25)10-19(17)28-21/h4-5,10-12,14,18,22H,6-9,13,15H2,1-3H3. The number of rotatable bonds is 5. The number of anilines is 1. The van der Waals surface area contributed by atoms with E-state index in [-0.39, 0.29) is 18.4 Å². The first-order valence-corrected chi connectivity index (χ1v) is 11.9. The minimum absolute atomic E-state index is 0.0488. The molecule has 0 bridgehead atoms. The van der Waals surface area contributed by atoms with Crippen LogP contribution in [-0.4, -0.2) is 62.1 Å². The summed E-state index contributed by atoms with van der Waals surface area (Å²) in [5, 5.41) is 5.80. The summed E-state index contributed by atoms with van der Waals surface area (Å²) >= 11 is 6.12. The van der Waals surface area contributed by atoms with Gasteiger partial charge >= 0.3 is 6.09 Å². The SMILES string of the molecule is CC(C)(C)OC(=O)N1CCC(N(Cc2cnn(C3CO3)c2)c2ccc3cnc(Cl)cc3n2)CC1. The maximum atomic E-state index is 12.5. The van der Waals surface area contributed by atoms with Crippen molar-refractivity contribution in [1.29, 1.82) is 0 Å². The molecule has 3 aromatic rings. The lowest BCUT2D eigenvalue weighted by atomic mass is 10.0. The van der Waals surface area contributed by atoms with Crippen molar-refractivity contribution in [2.45, 2.75) is 58.0 Å². The number of pyridine rings is 2. The van der Waals surface area contributed by atoms with Crippen LogP contribution >= 0.6 is 11.6 Å². The van der Waals surface area contributed by atoms with Gasteiger partial charge in [-0.25, -0.2) is 19.4 Å². The van der Waals surface area contributed by atoms with E-state index in [0.717, 1.165) is 35.1 Å². The Bertz CT molecular complexity index is 1180. The van der Waals surface area contributed by atoms with E-state index in [2.05, 4.69) is 15.0 Å². The van der Waals surface area contributed by atoms with Crippen LogP contribution in [0.5, 0.6) is 0 Å². The van der Waals surface area contributed by atoms with E-state index >= 15 is 0 Å². The van der Waals surface area contributed by atoms with Gasteiger partial charge in [0, 0.05) is 55.1 Å². The second-order valence-electron chi connectivity index (χ2n) is 9.81. The quantitative estimate of drug-likeness (QED) is 0.391. The highest BCUT2D eigenvalue weighted by atomic mass is 35.5. The van der Waals surface area contributed by atoms with E-state index in [9.17, 15) is 4.79 Å². The van der Waals surface area contributed by atoms with Gasteiger partial charge in [0.25, 0.3) is 0 Å². The molecule has 2 aliphatic heterocycles. The number of hydrogen-bond donors (Lipinski definition) is 0. The smallest absolute Gasteiger partial charge is 0.410 e. The van der Waals surface area contributed by atoms with Gasteiger partial charge in [-0.2, -0.15) is 5.10 Å². The summed E-state index contributed by atoms with van der Waals surface area (Å²) in [6.45, 7) is 8.29. The van der Waals surface area contributed by atoms with E-state index in [1.807, 2.05) is 50.0 Å². The Kier molecular flexibility index (Phi) is 6.07. The zero-order valence-corrected chi connectivity index (χ0v) is 20.4. The molecule has 0 saturated carbocycles. The molecule has 34 heavy (non-hydrogen) atoms. The minimum atomic E-state index is -0.503. The van der Waals surface area contributed by atoms with Crippen molar-refractivity contribution in [3.8, 4) is 0 Å². The monoisotopic (exact) mass is 484 g/mol. The van der Waals surface area contributed by atoms with Crippen LogP contribution in [0.4, 0.5) is 10.6 Å². The van der Waals surface area contributed by atoms with Crippen LogP contribution in [0.2, 0.25) is 5.15 Å². The number of nitrogens with zero attached hydrogens (tertiary/aromatic N) is 6. The highest BCUT2D eigenvalue weighted by Crippen LogP contribution is 2.28. The maximum Gasteiger partial charge on any atom is 0.410 e. The summed E-state index contributed by atoms with van der Waals surface area (Å²) in [7, 11) is 0.